The first-order valence-corrected chi connectivity index (χ1v) is 9.52. The molecule has 0 unspecified atom stereocenters. The highest BCUT2D eigenvalue weighted by molar-refractivity contribution is 6.32. The van der Waals surface area contributed by atoms with Gasteiger partial charge in [-0.05, 0) is 22.9 Å². The molecule has 0 amide bonds. The molecule has 6 aromatic rings. The molecule has 6 rings (SSSR count). The van der Waals surface area contributed by atoms with Crippen LogP contribution in [0.5, 0.6) is 0 Å². The first-order chi connectivity index (χ1) is 13.8. The number of nitrogens with zero attached hydrogens (tertiary/aromatic N) is 2. The summed E-state index contributed by atoms with van der Waals surface area (Å²) in [6, 6.07) is 26.8. The van der Waals surface area contributed by atoms with Gasteiger partial charge in [0.05, 0.1) is 22.1 Å². The van der Waals surface area contributed by atoms with E-state index in [1.54, 1.807) is 0 Å². The molecule has 1 N–H and O–H groups in total. The maximum Gasteiger partial charge on any atom is 0.141 e. The zero-order chi connectivity index (χ0) is 18.7. The van der Waals surface area contributed by atoms with Gasteiger partial charge in [0, 0.05) is 16.2 Å². The number of hydrogen-bond donors (Lipinski definition) is 1. The Morgan fingerprint density at radius 2 is 1.32 bits per heavy atom. The molecule has 0 aliphatic carbocycles. The molecule has 0 spiro atoms. The zero-order valence-corrected chi connectivity index (χ0v) is 15.5. The van der Waals surface area contributed by atoms with Gasteiger partial charge in [0.15, 0.2) is 0 Å². The molecular weight excluding hydrogens is 366 g/mol. The van der Waals surface area contributed by atoms with Crippen molar-refractivity contribution in [2.45, 2.75) is 0 Å². The number of aromatic amines is 1. The maximum absolute atomic E-state index is 6.53. The van der Waals surface area contributed by atoms with E-state index in [2.05, 4.69) is 58.5 Å². The van der Waals surface area contributed by atoms with Gasteiger partial charge < -0.3 is 4.98 Å². The van der Waals surface area contributed by atoms with Crippen LogP contribution in [0.15, 0.2) is 78.9 Å². The summed E-state index contributed by atoms with van der Waals surface area (Å²) in [6.45, 7) is 0. The number of nitrogens with one attached hydrogen (secondary N) is 1. The SMILES string of the molecule is Clc1nc2ccccc2cc1-c1nc2c3ccccc3c3ccccc3c2[nH]1. The smallest absolute Gasteiger partial charge is 0.141 e. The molecular formula is C24H14ClN3. The second-order valence-corrected chi connectivity index (χ2v) is 7.28. The Balaban J connectivity index is 1.74. The fourth-order valence-electron chi connectivity index (χ4n) is 4.01. The number of imidazole rings is 1. The van der Waals surface area contributed by atoms with E-state index in [0.29, 0.717) is 5.15 Å². The first-order valence-electron chi connectivity index (χ1n) is 9.14. The predicted molar refractivity (Wildman–Crippen MR) is 117 cm³/mol. The van der Waals surface area contributed by atoms with Crippen LogP contribution < -0.4 is 0 Å². The number of hydrogen-bond acceptors (Lipinski definition) is 2. The average Bonchev–Trinajstić information content (AvgIpc) is 3.19. The van der Waals surface area contributed by atoms with Crippen LogP contribution in [0.1, 0.15) is 0 Å². The van der Waals surface area contributed by atoms with Crippen LogP contribution >= 0.6 is 11.6 Å². The number of benzene rings is 4. The largest absolute Gasteiger partial charge is 0.337 e. The van der Waals surface area contributed by atoms with Gasteiger partial charge in [-0.15, -0.1) is 0 Å². The lowest BCUT2D eigenvalue weighted by molar-refractivity contribution is 1.31. The molecule has 0 aliphatic heterocycles. The van der Waals surface area contributed by atoms with Crippen LogP contribution in [0.2, 0.25) is 5.15 Å². The van der Waals surface area contributed by atoms with Crippen molar-refractivity contribution in [3.8, 4) is 11.4 Å². The molecule has 0 saturated carbocycles. The Morgan fingerprint density at radius 3 is 2.14 bits per heavy atom. The number of fused-ring (bicyclic) bond motifs is 7. The first kappa shape index (κ1) is 15.6. The Morgan fingerprint density at radius 1 is 0.679 bits per heavy atom. The molecule has 0 aliphatic rings. The lowest BCUT2D eigenvalue weighted by atomic mass is 10.0. The van der Waals surface area contributed by atoms with E-state index in [4.69, 9.17) is 16.6 Å². The Labute approximate surface area is 165 Å². The van der Waals surface area contributed by atoms with Crippen molar-refractivity contribution in [1.29, 1.82) is 0 Å². The minimum absolute atomic E-state index is 0.450. The molecule has 28 heavy (non-hydrogen) atoms. The topological polar surface area (TPSA) is 41.6 Å². The van der Waals surface area contributed by atoms with Crippen molar-refractivity contribution in [3.05, 3.63) is 84.0 Å². The van der Waals surface area contributed by atoms with Crippen molar-refractivity contribution >= 4 is 55.1 Å². The van der Waals surface area contributed by atoms with Crippen LogP contribution in [0, 0.1) is 0 Å². The minimum Gasteiger partial charge on any atom is -0.337 e. The Hall–Kier alpha value is -3.43. The third-order valence-corrected chi connectivity index (χ3v) is 5.59. The van der Waals surface area contributed by atoms with Crippen molar-refractivity contribution in [1.82, 2.24) is 15.0 Å². The van der Waals surface area contributed by atoms with Gasteiger partial charge in [-0.3, -0.25) is 0 Å². The monoisotopic (exact) mass is 379 g/mol. The van der Waals surface area contributed by atoms with Gasteiger partial charge in [0.1, 0.15) is 11.0 Å². The molecule has 3 nitrogen and oxygen atoms in total. The minimum atomic E-state index is 0.450. The summed E-state index contributed by atoms with van der Waals surface area (Å²) < 4.78 is 0. The molecule has 2 heterocycles. The summed E-state index contributed by atoms with van der Waals surface area (Å²) in [5.74, 6) is 0.736. The standard InChI is InChI=1S/C24H14ClN3/c25-23-19(13-14-7-1-6-12-20(14)26-23)24-27-21-17-10-4-2-8-15(17)16-9-3-5-11-18(16)22(21)28-24/h1-13H,(H,27,28). The summed E-state index contributed by atoms with van der Waals surface area (Å²) in [7, 11) is 0. The van der Waals surface area contributed by atoms with Gasteiger partial charge >= 0.3 is 0 Å². The molecule has 0 bridgehead atoms. The Kier molecular flexibility index (Phi) is 3.22. The summed E-state index contributed by atoms with van der Waals surface area (Å²) >= 11 is 6.53. The van der Waals surface area contributed by atoms with Crippen LogP contribution in [-0.4, -0.2) is 15.0 Å². The quantitative estimate of drug-likeness (QED) is 0.254. The van der Waals surface area contributed by atoms with E-state index in [9.17, 15) is 0 Å². The number of halogens is 1. The summed E-state index contributed by atoms with van der Waals surface area (Å²) in [6.07, 6.45) is 0. The lowest BCUT2D eigenvalue weighted by Gasteiger charge is -2.05. The number of pyridine rings is 1. The molecule has 132 valence electrons. The van der Waals surface area contributed by atoms with Gasteiger partial charge in [0.2, 0.25) is 0 Å². The number of rotatable bonds is 1. The molecule has 4 heteroatoms. The van der Waals surface area contributed by atoms with Crippen molar-refractivity contribution < 1.29 is 0 Å². The van der Waals surface area contributed by atoms with Crippen molar-refractivity contribution in [2.75, 3.05) is 0 Å². The Bertz CT molecular complexity index is 1460. The molecule has 2 aromatic heterocycles. The fraction of sp³-hybridized carbons (Fsp3) is 0. The van der Waals surface area contributed by atoms with Gasteiger partial charge in [-0.25, -0.2) is 9.97 Å². The lowest BCUT2D eigenvalue weighted by Crippen LogP contribution is -1.87. The normalized spacial score (nSPS) is 11.8. The van der Waals surface area contributed by atoms with Gasteiger partial charge in [0.25, 0.3) is 0 Å². The van der Waals surface area contributed by atoms with E-state index in [-0.39, 0.29) is 0 Å². The highest BCUT2D eigenvalue weighted by Gasteiger charge is 2.16. The highest BCUT2D eigenvalue weighted by atomic mass is 35.5. The van der Waals surface area contributed by atoms with Crippen LogP contribution in [0.4, 0.5) is 0 Å². The maximum atomic E-state index is 6.53. The third kappa shape index (κ3) is 2.17. The van der Waals surface area contributed by atoms with Crippen molar-refractivity contribution in [3.63, 3.8) is 0 Å². The molecule has 0 fully saturated rings. The number of para-hydroxylation sites is 1. The van der Waals surface area contributed by atoms with Crippen LogP contribution in [0.3, 0.4) is 0 Å². The van der Waals surface area contributed by atoms with Crippen LogP contribution in [0.25, 0.3) is 54.9 Å². The van der Waals surface area contributed by atoms with Crippen LogP contribution in [-0.2, 0) is 0 Å². The second kappa shape index (κ2) is 5.78. The molecule has 0 atom stereocenters. The molecule has 0 saturated heterocycles. The van der Waals surface area contributed by atoms with E-state index in [0.717, 1.165) is 44.1 Å². The van der Waals surface area contributed by atoms with E-state index in [1.807, 2.05) is 30.3 Å². The average molecular weight is 380 g/mol. The number of aromatic nitrogens is 3. The van der Waals surface area contributed by atoms with E-state index >= 15 is 0 Å². The zero-order valence-electron chi connectivity index (χ0n) is 14.8. The van der Waals surface area contributed by atoms with E-state index < -0.39 is 0 Å². The second-order valence-electron chi connectivity index (χ2n) is 6.92. The van der Waals surface area contributed by atoms with Gasteiger partial charge in [-0.1, -0.05) is 78.3 Å². The molecule has 4 aromatic carbocycles. The summed E-state index contributed by atoms with van der Waals surface area (Å²) in [4.78, 5) is 13.0. The summed E-state index contributed by atoms with van der Waals surface area (Å²) in [5, 5.41) is 6.18. The van der Waals surface area contributed by atoms with E-state index in [1.165, 1.54) is 10.8 Å². The number of H-pyrrole nitrogens is 1. The highest BCUT2D eigenvalue weighted by Crippen LogP contribution is 2.36. The molecule has 0 radical (unpaired) electrons. The van der Waals surface area contributed by atoms with Crippen molar-refractivity contribution in [2.24, 2.45) is 0 Å². The van der Waals surface area contributed by atoms with Gasteiger partial charge in [-0.2, -0.15) is 0 Å². The third-order valence-electron chi connectivity index (χ3n) is 5.31. The summed E-state index contributed by atoms with van der Waals surface area (Å²) in [5.41, 5.74) is 3.66. The fourth-order valence-corrected chi connectivity index (χ4v) is 4.24. The predicted octanol–water partition coefficient (Wildman–Crippen LogP) is 6.74.